The fourth-order valence-corrected chi connectivity index (χ4v) is 1.26. The van der Waals surface area contributed by atoms with E-state index < -0.39 is 4.92 Å². The number of hydrogen-bond donors (Lipinski definition) is 0. The van der Waals surface area contributed by atoms with Gasteiger partial charge in [0, 0.05) is 12.5 Å². The second-order valence-electron chi connectivity index (χ2n) is 3.20. The maximum Gasteiger partial charge on any atom is 0.363 e. The van der Waals surface area contributed by atoms with Gasteiger partial charge in [-0.05, 0) is 28.5 Å². The fourth-order valence-electron chi connectivity index (χ4n) is 1.26. The van der Waals surface area contributed by atoms with Gasteiger partial charge < -0.3 is 10.1 Å². The van der Waals surface area contributed by atoms with Gasteiger partial charge in [0.15, 0.2) is 5.69 Å². The Morgan fingerprint density at radius 1 is 1.43 bits per heavy atom. The van der Waals surface area contributed by atoms with Crippen molar-refractivity contribution in [2.45, 2.75) is 32.6 Å². The molecule has 1 aromatic heterocycles. The highest BCUT2D eigenvalue weighted by molar-refractivity contribution is 5.21. The van der Waals surface area contributed by atoms with E-state index in [1.54, 1.807) is 6.07 Å². The summed E-state index contributed by atoms with van der Waals surface area (Å²) in [5, 5.41) is 10.4. The summed E-state index contributed by atoms with van der Waals surface area (Å²) in [5.41, 5.74) is 0.813. The molecule has 1 rings (SSSR count). The molecule has 0 fully saturated rings. The molecule has 0 unspecified atom stereocenters. The number of nitrogens with zero attached hydrogens (tertiary/aromatic N) is 2. The molecule has 0 amide bonds. The number of rotatable bonds is 5. The van der Waals surface area contributed by atoms with Crippen LogP contribution in [-0.4, -0.2) is 9.91 Å². The highest BCUT2D eigenvalue weighted by Gasteiger charge is 2.08. The van der Waals surface area contributed by atoms with Gasteiger partial charge in [-0.15, -0.1) is 0 Å². The maximum absolute atomic E-state index is 10.4. The van der Waals surface area contributed by atoms with Crippen LogP contribution in [0, 0.1) is 10.1 Å². The van der Waals surface area contributed by atoms with E-state index >= 15 is 0 Å². The molecule has 0 aromatic carbocycles. The second kappa shape index (κ2) is 5.32. The molecule has 0 aliphatic heterocycles. The molecule has 76 valence electrons. The molecule has 0 radical (unpaired) electrons. The SMILES string of the molecule is CCCCCc1cccc([N+](=O)[O-])n1. The van der Waals surface area contributed by atoms with Crippen molar-refractivity contribution in [1.29, 1.82) is 0 Å². The molecular formula is C10H14N2O2. The Hall–Kier alpha value is -1.45. The highest BCUT2D eigenvalue weighted by atomic mass is 16.6. The van der Waals surface area contributed by atoms with Gasteiger partial charge in [0.1, 0.15) is 0 Å². The number of unbranched alkanes of at least 4 members (excludes halogenated alkanes) is 2. The standard InChI is InChI=1S/C10H14N2O2/c1-2-3-4-6-9-7-5-8-10(11-9)12(13)14/h5,7-8H,2-4,6H2,1H3. The molecule has 4 heteroatoms. The lowest BCUT2D eigenvalue weighted by atomic mass is 10.1. The molecule has 0 N–H and O–H groups in total. The molecule has 0 spiro atoms. The van der Waals surface area contributed by atoms with Gasteiger partial charge in [-0.1, -0.05) is 19.8 Å². The Balaban J connectivity index is 2.59. The zero-order valence-corrected chi connectivity index (χ0v) is 8.27. The normalized spacial score (nSPS) is 10.1. The van der Waals surface area contributed by atoms with E-state index in [4.69, 9.17) is 0 Å². The van der Waals surface area contributed by atoms with Crippen LogP contribution in [0.3, 0.4) is 0 Å². The van der Waals surface area contributed by atoms with Gasteiger partial charge in [-0.3, -0.25) is 0 Å². The van der Waals surface area contributed by atoms with Crippen molar-refractivity contribution < 1.29 is 4.92 Å². The average Bonchev–Trinajstić information content (AvgIpc) is 2.19. The molecule has 0 aliphatic rings. The third-order valence-corrected chi connectivity index (χ3v) is 2.02. The minimum Gasteiger partial charge on any atom is -0.358 e. The lowest BCUT2D eigenvalue weighted by molar-refractivity contribution is -0.389. The van der Waals surface area contributed by atoms with E-state index in [-0.39, 0.29) is 5.82 Å². The topological polar surface area (TPSA) is 56.0 Å². The zero-order chi connectivity index (χ0) is 10.4. The Morgan fingerprint density at radius 3 is 2.86 bits per heavy atom. The lowest BCUT2D eigenvalue weighted by Crippen LogP contribution is -1.96. The van der Waals surface area contributed by atoms with E-state index in [1.807, 2.05) is 6.07 Å². The third kappa shape index (κ3) is 3.12. The third-order valence-electron chi connectivity index (χ3n) is 2.02. The van der Waals surface area contributed by atoms with E-state index in [2.05, 4.69) is 11.9 Å². The molecule has 1 aromatic rings. The van der Waals surface area contributed by atoms with Crippen molar-refractivity contribution in [3.05, 3.63) is 34.0 Å². The molecular weight excluding hydrogens is 180 g/mol. The molecule has 4 nitrogen and oxygen atoms in total. The van der Waals surface area contributed by atoms with Crippen molar-refractivity contribution >= 4 is 5.82 Å². The van der Waals surface area contributed by atoms with Gasteiger partial charge in [0.25, 0.3) is 0 Å². The smallest absolute Gasteiger partial charge is 0.358 e. The number of aromatic nitrogens is 1. The Kier molecular flexibility index (Phi) is 4.04. The van der Waals surface area contributed by atoms with Crippen LogP contribution in [-0.2, 0) is 6.42 Å². The summed E-state index contributed by atoms with van der Waals surface area (Å²) < 4.78 is 0. The number of nitro groups is 1. The van der Waals surface area contributed by atoms with Crippen molar-refractivity contribution in [1.82, 2.24) is 4.98 Å². The predicted octanol–water partition coefficient (Wildman–Crippen LogP) is 2.72. The predicted molar refractivity (Wildman–Crippen MR) is 54.1 cm³/mol. The Morgan fingerprint density at radius 2 is 2.21 bits per heavy atom. The van der Waals surface area contributed by atoms with Crippen molar-refractivity contribution in [2.24, 2.45) is 0 Å². The molecule has 0 aliphatic carbocycles. The molecule has 1 heterocycles. The fraction of sp³-hybridized carbons (Fsp3) is 0.500. The summed E-state index contributed by atoms with van der Waals surface area (Å²) in [7, 11) is 0. The summed E-state index contributed by atoms with van der Waals surface area (Å²) in [5.74, 6) is -0.0565. The van der Waals surface area contributed by atoms with E-state index in [0.29, 0.717) is 0 Å². The van der Waals surface area contributed by atoms with Crippen LogP contribution >= 0.6 is 0 Å². The molecule has 0 atom stereocenters. The largest absolute Gasteiger partial charge is 0.363 e. The summed E-state index contributed by atoms with van der Waals surface area (Å²) in [6.45, 7) is 2.13. The summed E-state index contributed by atoms with van der Waals surface area (Å²) in [6.07, 6.45) is 4.17. The molecule has 0 saturated heterocycles. The molecule has 0 saturated carbocycles. The van der Waals surface area contributed by atoms with Crippen LogP contribution in [0.15, 0.2) is 18.2 Å². The first-order chi connectivity index (χ1) is 6.74. The monoisotopic (exact) mass is 194 g/mol. The van der Waals surface area contributed by atoms with E-state index in [0.717, 1.165) is 31.4 Å². The highest BCUT2D eigenvalue weighted by Crippen LogP contribution is 2.10. The quantitative estimate of drug-likeness (QED) is 0.411. The van der Waals surface area contributed by atoms with Crippen molar-refractivity contribution in [3.8, 4) is 0 Å². The number of hydrogen-bond acceptors (Lipinski definition) is 3. The second-order valence-corrected chi connectivity index (χ2v) is 3.20. The summed E-state index contributed by atoms with van der Waals surface area (Å²) in [4.78, 5) is 13.9. The van der Waals surface area contributed by atoms with Crippen molar-refractivity contribution in [2.75, 3.05) is 0 Å². The van der Waals surface area contributed by atoms with Gasteiger partial charge in [-0.25, -0.2) is 0 Å². The first kappa shape index (κ1) is 10.6. The van der Waals surface area contributed by atoms with Gasteiger partial charge in [-0.2, -0.15) is 0 Å². The van der Waals surface area contributed by atoms with E-state index in [9.17, 15) is 10.1 Å². The van der Waals surface area contributed by atoms with E-state index in [1.165, 1.54) is 6.07 Å². The summed E-state index contributed by atoms with van der Waals surface area (Å²) >= 11 is 0. The molecule has 0 bridgehead atoms. The van der Waals surface area contributed by atoms with Crippen LogP contribution in [0.1, 0.15) is 31.9 Å². The number of aryl methyl sites for hydroxylation is 1. The van der Waals surface area contributed by atoms with Crippen LogP contribution in [0.4, 0.5) is 5.82 Å². The lowest BCUT2D eigenvalue weighted by Gasteiger charge is -1.96. The molecule has 14 heavy (non-hydrogen) atoms. The minimum absolute atomic E-state index is 0.0565. The minimum atomic E-state index is -0.455. The van der Waals surface area contributed by atoms with Crippen LogP contribution < -0.4 is 0 Å². The first-order valence-electron chi connectivity index (χ1n) is 4.84. The van der Waals surface area contributed by atoms with Gasteiger partial charge in [0.2, 0.25) is 0 Å². The Bertz CT molecular complexity index is 313. The van der Waals surface area contributed by atoms with Crippen molar-refractivity contribution in [3.63, 3.8) is 0 Å². The first-order valence-corrected chi connectivity index (χ1v) is 4.84. The maximum atomic E-state index is 10.4. The zero-order valence-electron chi connectivity index (χ0n) is 8.27. The van der Waals surface area contributed by atoms with Crippen LogP contribution in [0.5, 0.6) is 0 Å². The van der Waals surface area contributed by atoms with Crippen LogP contribution in [0.25, 0.3) is 0 Å². The summed E-state index contributed by atoms with van der Waals surface area (Å²) in [6, 6.07) is 4.94. The van der Waals surface area contributed by atoms with Gasteiger partial charge in [0.05, 0.1) is 0 Å². The number of pyridine rings is 1. The van der Waals surface area contributed by atoms with Crippen LogP contribution in [0.2, 0.25) is 0 Å². The average molecular weight is 194 g/mol. The van der Waals surface area contributed by atoms with Gasteiger partial charge >= 0.3 is 5.82 Å². The Labute approximate surface area is 83.1 Å².